The molecule has 2 atom stereocenters. The lowest BCUT2D eigenvalue weighted by Crippen LogP contribution is -2.36. The molecule has 1 aromatic carbocycles. The molecule has 134 valence electrons. The third-order valence-electron chi connectivity index (χ3n) is 4.25. The molecule has 8 heteroatoms. The molecule has 6 nitrogen and oxygen atoms in total. The van der Waals surface area contributed by atoms with Crippen LogP contribution in [0, 0.1) is 5.92 Å². The van der Waals surface area contributed by atoms with Gasteiger partial charge in [-0.05, 0) is 31.8 Å². The lowest BCUT2D eigenvalue weighted by Gasteiger charge is -2.29. The highest BCUT2D eigenvalue weighted by atomic mass is 35.7. The number of halogens is 1. The van der Waals surface area contributed by atoms with Crippen molar-refractivity contribution in [1.29, 1.82) is 0 Å². The van der Waals surface area contributed by atoms with Crippen molar-refractivity contribution >= 4 is 25.6 Å². The molecule has 1 aliphatic rings. The lowest BCUT2D eigenvalue weighted by molar-refractivity contribution is -0.128. The number of hydrogen-bond donors (Lipinski definition) is 0. The summed E-state index contributed by atoms with van der Waals surface area (Å²) in [5.41, 5.74) is 1.07. The Labute approximate surface area is 147 Å². The van der Waals surface area contributed by atoms with E-state index in [0.717, 1.165) is 11.3 Å². The Morgan fingerprint density at radius 2 is 1.96 bits per heavy atom. The van der Waals surface area contributed by atoms with Gasteiger partial charge in [-0.25, -0.2) is 8.42 Å². The van der Waals surface area contributed by atoms with Gasteiger partial charge in [0.25, 0.3) is 0 Å². The monoisotopic (exact) mass is 374 g/mol. The summed E-state index contributed by atoms with van der Waals surface area (Å²) < 4.78 is 27.6. The van der Waals surface area contributed by atoms with Crippen LogP contribution in [0.15, 0.2) is 24.3 Å². The van der Waals surface area contributed by atoms with Gasteiger partial charge in [-0.1, -0.05) is 12.1 Å². The predicted octanol–water partition coefficient (Wildman–Crippen LogP) is 1.71. The van der Waals surface area contributed by atoms with Gasteiger partial charge in [-0.15, -0.1) is 0 Å². The maximum atomic E-state index is 12.2. The SMILES string of the molecule is COc1ccc(C(CN2CC(CS(=O)(=O)Cl)CC2=O)N(C)C)cc1. The fourth-order valence-corrected chi connectivity index (χ4v) is 4.35. The average molecular weight is 375 g/mol. The number of carbonyl (C=O) groups is 1. The molecule has 2 rings (SSSR count). The highest BCUT2D eigenvalue weighted by Gasteiger charge is 2.34. The molecule has 24 heavy (non-hydrogen) atoms. The minimum absolute atomic E-state index is 0.0196. The van der Waals surface area contributed by atoms with Crippen molar-refractivity contribution in [2.45, 2.75) is 12.5 Å². The first-order chi connectivity index (χ1) is 11.2. The van der Waals surface area contributed by atoms with Crippen LogP contribution in [0.4, 0.5) is 0 Å². The number of likely N-dealkylation sites (tertiary alicyclic amines) is 1. The Morgan fingerprint density at radius 3 is 2.46 bits per heavy atom. The fraction of sp³-hybridized carbons (Fsp3) is 0.562. The number of amides is 1. The van der Waals surface area contributed by atoms with E-state index in [4.69, 9.17) is 15.4 Å². The topological polar surface area (TPSA) is 66.9 Å². The van der Waals surface area contributed by atoms with Crippen molar-refractivity contribution in [3.63, 3.8) is 0 Å². The molecule has 2 unspecified atom stereocenters. The Bertz CT molecular complexity index is 676. The standard InChI is InChI=1S/C16H23ClN2O4S/c1-18(2)15(13-4-6-14(23-3)7-5-13)10-19-9-12(8-16(19)20)11-24(17,21)22/h4-7,12,15H,8-11H2,1-3H3. The Kier molecular flexibility index (Phi) is 6.11. The minimum Gasteiger partial charge on any atom is -0.497 e. The molecule has 0 aliphatic carbocycles. The zero-order valence-electron chi connectivity index (χ0n) is 14.1. The molecule has 0 aromatic heterocycles. The summed E-state index contributed by atoms with van der Waals surface area (Å²) in [7, 11) is 7.25. The first kappa shape index (κ1) is 19.0. The van der Waals surface area contributed by atoms with Crippen LogP contribution in [0.3, 0.4) is 0 Å². The highest BCUT2D eigenvalue weighted by molar-refractivity contribution is 8.13. The summed E-state index contributed by atoms with van der Waals surface area (Å²) in [4.78, 5) is 16.0. The predicted molar refractivity (Wildman–Crippen MR) is 93.7 cm³/mol. The van der Waals surface area contributed by atoms with Crippen LogP contribution in [-0.4, -0.2) is 64.2 Å². The number of rotatable bonds is 7. The van der Waals surface area contributed by atoms with Gasteiger partial charge in [-0.2, -0.15) is 0 Å². The zero-order valence-corrected chi connectivity index (χ0v) is 15.7. The second-order valence-corrected chi connectivity index (χ2v) is 9.15. The molecule has 1 heterocycles. The van der Waals surface area contributed by atoms with Gasteiger partial charge in [-0.3, -0.25) is 4.79 Å². The highest BCUT2D eigenvalue weighted by Crippen LogP contribution is 2.27. The van der Waals surface area contributed by atoms with E-state index in [2.05, 4.69) is 0 Å². The molecule has 1 amide bonds. The lowest BCUT2D eigenvalue weighted by atomic mass is 10.1. The van der Waals surface area contributed by atoms with E-state index in [-0.39, 0.29) is 30.0 Å². The van der Waals surface area contributed by atoms with Crippen molar-refractivity contribution in [1.82, 2.24) is 9.80 Å². The van der Waals surface area contributed by atoms with Gasteiger partial charge in [0.2, 0.25) is 15.0 Å². The molecule has 0 N–H and O–H groups in total. The van der Waals surface area contributed by atoms with E-state index in [9.17, 15) is 13.2 Å². The van der Waals surface area contributed by atoms with Gasteiger partial charge < -0.3 is 14.5 Å². The van der Waals surface area contributed by atoms with Gasteiger partial charge in [0.1, 0.15) is 5.75 Å². The summed E-state index contributed by atoms with van der Waals surface area (Å²) in [6.07, 6.45) is 0.231. The third-order valence-corrected chi connectivity index (χ3v) is 5.49. The van der Waals surface area contributed by atoms with Crippen molar-refractivity contribution in [2.24, 2.45) is 5.92 Å². The van der Waals surface area contributed by atoms with Crippen LogP contribution in [0.25, 0.3) is 0 Å². The first-order valence-corrected chi connectivity index (χ1v) is 10.2. The van der Waals surface area contributed by atoms with E-state index < -0.39 is 9.05 Å². The van der Waals surface area contributed by atoms with Crippen molar-refractivity contribution < 1.29 is 17.9 Å². The second-order valence-electron chi connectivity index (χ2n) is 6.33. The van der Waals surface area contributed by atoms with Gasteiger partial charge in [0.15, 0.2) is 0 Å². The number of likely N-dealkylation sites (N-methyl/N-ethyl adjacent to an activating group) is 1. The molecule has 1 fully saturated rings. The van der Waals surface area contributed by atoms with Crippen LogP contribution in [0.5, 0.6) is 5.75 Å². The maximum absolute atomic E-state index is 12.2. The summed E-state index contributed by atoms with van der Waals surface area (Å²) in [6, 6.07) is 7.75. The number of nitrogens with zero attached hydrogens (tertiary/aromatic N) is 2. The largest absolute Gasteiger partial charge is 0.497 e. The quantitative estimate of drug-likeness (QED) is 0.680. The third kappa shape index (κ3) is 5.09. The molecular formula is C16H23ClN2O4S. The van der Waals surface area contributed by atoms with Crippen LogP contribution in [0.2, 0.25) is 0 Å². The molecule has 1 aliphatic heterocycles. The van der Waals surface area contributed by atoms with Gasteiger partial charge >= 0.3 is 0 Å². The number of carbonyl (C=O) groups excluding carboxylic acids is 1. The molecule has 0 saturated carbocycles. The van der Waals surface area contributed by atoms with Crippen molar-refractivity contribution in [2.75, 3.05) is 40.0 Å². The number of methoxy groups -OCH3 is 1. The molecule has 0 spiro atoms. The summed E-state index contributed by atoms with van der Waals surface area (Å²) >= 11 is 0. The van der Waals surface area contributed by atoms with E-state index in [1.165, 1.54) is 0 Å². The zero-order chi connectivity index (χ0) is 17.9. The number of benzene rings is 1. The molecular weight excluding hydrogens is 352 g/mol. The summed E-state index contributed by atoms with van der Waals surface area (Å²) in [5.74, 6) is 0.353. The normalized spacial score (nSPS) is 19.8. The van der Waals surface area contributed by atoms with E-state index in [1.54, 1.807) is 12.0 Å². The molecule has 0 bridgehead atoms. The molecule has 1 aromatic rings. The maximum Gasteiger partial charge on any atom is 0.232 e. The first-order valence-electron chi connectivity index (χ1n) is 7.70. The Hall–Kier alpha value is -1.31. The summed E-state index contributed by atoms with van der Waals surface area (Å²) in [6.45, 7) is 0.933. The minimum atomic E-state index is -3.59. The van der Waals surface area contributed by atoms with Crippen LogP contribution < -0.4 is 4.74 Å². The van der Waals surface area contributed by atoms with Crippen molar-refractivity contribution in [3.05, 3.63) is 29.8 Å². The van der Waals surface area contributed by atoms with Crippen LogP contribution >= 0.6 is 10.7 Å². The number of hydrogen-bond acceptors (Lipinski definition) is 5. The average Bonchev–Trinajstić information content (AvgIpc) is 2.82. The van der Waals surface area contributed by atoms with Crippen LogP contribution in [-0.2, 0) is 13.8 Å². The molecule has 1 saturated heterocycles. The second kappa shape index (κ2) is 7.72. The Morgan fingerprint density at radius 1 is 1.33 bits per heavy atom. The van der Waals surface area contributed by atoms with Gasteiger partial charge in [0.05, 0.1) is 18.9 Å². The van der Waals surface area contributed by atoms with Crippen molar-refractivity contribution in [3.8, 4) is 5.75 Å². The van der Waals surface area contributed by atoms with E-state index >= 15 is 0 Å². The Balaban J connectivity index is 2.09. The number of ether oxygens (including phenoxy) is 1. The smallest absolute Gasteiger partial charge is 0.232 e. The van der Waals surface area contributed by atoms with Gasteiger partial charge in [0, 0.05) is 36.1 Å². The fourth-order valence-electron chi connectivity index (χ4n) is 3.03. The molecule has 0 radical (unpaired) electrons. The summed E-state index contributed by atoms with van der Waals surface area (Å²) in [5, 5.41) is 0. The van der Waals surface area contributed by atoms with E-state index in [1.807, 2.05) is 43.3 Å². The van der Waals surface area contributed by atoms with E-state index in [0.29, 0.717) is 13.1 Å². The van der Waals surface area contributed by atoms with Crippen LogP contribution in [0.1, 0.15) is 18.0 Å².